The largest absolute Gasteiger partial charge is 0.465 e. The maximum atomic E-state index is 13.2. The quantitative estimate of drug-likeness (QED) is 0.601. The van der Waals surface area contributed by atoms with Gasteiger partial charge in [-0.25, -0.2) is 4.79 Å². The van der Waals surface area contributed by atoms with E-state index < -0.39 is 17.5 Å². The van der Waals surface area contributed by atoms with Crippen LogP contribution in [0.3, 0.4) is 0 Å². The van der Waals surface area contributed by atoms with Crippen molar-refractivity contribution in [3.63, 3.8) is 0 Å². The molecule has 0 N–H and O–H groups in total. The zero-order valence-electron chi connectivity index (χ0n) is 17.0. The zero-order valence-corrected chi connectivity index (χ0v) is 17.0. The minimum Gasteiger partial charge on any atom is -0.465 e. The number of rotatable bonds is 7. The molecule has 4 nitrogen and oxygen atoms in total. The molecular formula is C25H28O4. The van der Waals surface area contributed by atoms with E-state index in [1.165, 1.54) is 0 Å². The van der Waals surface area contributed by atoms with E-state index in [9.17, 15) is 9.59 Å². The van der Waals surface area contributed by atoms with Crippen molar-refractivity contribution in [1.82, 2.24) is 0 Å². The van der Waals surface area contributed by atoms with Crippen LogP contribution in [-0.2, 0) is 14.3 Å². The number of hydrogen-bond acceptors (Lipinski definition) is 4. The van der Waals surface area contributed by atoms with Crippen molar-refractivity contribution >= 4 is 18.0 Å². The molecule has 1 aliphatic rings. The molecule has 152 valence electrons. The van der Waals surface area contributed by atoms with Crippen LogP contribution < -0.4 is 0 Å². The topological polar surface area (TPSA) is 52.6 Å². The molecule has 2 aromatic carbocycles. The van der Waals surface area contributed by atoms with Gasteiger partial charge in [-0.1, -0.05) is 74.5 Å². The van der Waals surface area contributed by atoms with Gasteiger partial charge in [0, 0.05) is 0 Å². The molecule has 4 heteroatoms. The first-order chi connectivity index (χ1) is 14.0. The molecule has 3 rings (SSSR count). The van der Waals surface area contributed by atoms with Crippen molar-refractivity contribution in [2.45, 2.75) is 39.2 Å². The Morgan fingerprint density at radius 2 is 1.72 bits per heavy atom. The summed E-state index contributed by atoms with van der Waals surface area (Å²) in [6.07, 6.45) is 5.28. The molecule has 0 radical (unpaired) electrons. The summed E-state index contributed by atoms with van der Waals surface area (Å²) in [7, 11) is 0. The predicted molar refractivity (Wildman–Crippen MR) is 113 cm³/mol. The standard InChI is InChI=1S/C25H28O4/c1-19(2)18-28-24(27)25(17-15-20-10-5-3-6-11-20)16-9-14-22(25)29-23(26)21-12-7-4-8-13-21/h3-8,10-13,15,17,19,22H,9,14,16,18H2,1-2H3. The van der Waals surface area contributed by atoms with Crippen LogP contribution in [0.2, 0.25) is 0 Å². The highest BCUT2D eigenvalue weighted by Crippen LogP contribution is 2.44. The molecule has 2 aromatic rings. The van der Waals surface area contributed by atoms with Crippen molar-refractivity contribution in [1.29, 1.82) is 0 Å². The van der Waals surface area contributed by atoms with Crippen molar-refractivity contribution in [2.24, 2.45) is 11.3 Å². The van der Waals surface area contributed by atoms with Gasteiger partial charge < -0.3 is 9.47 Å². The van der Waals surface area contributed by atoms with Gasteiger partial charge in [0.05, 0.1) is 12.2 Å². The number of carbonyl (C=O) groups excluding carboxylic acids is 2. The van der Waals surface area contributed by atoms with Gasteiger partial charge in [0.2, 0.25) is 0 Å². The maximum absolute atomic E-state index is 13.2. The summed E-state index contributed by atoms with van der Waals surface area (Å²) in [5.41, 5.74) is 0.509. The Bertz CT molecular complexity index is 842. The summed E-state index contributed by atoms with van der Waals surface area (Å²) < 4.78 is 11.5. The van der Waals surface area contributed by atoms with Gasteiger partial charge in [-0.05, 0) is 42.9 Å². The summed E-state index contributed by atoms with van der Waals surface area (Å²) in [4.78, 5) is 25.8. The first kappa shape index (κ1) is 20.8. The summed E-state index contributed by atoms with van der Waals surface area (Å²) in [6.45, 7) is 4.35. The lowest BCUT2D eigenvalue weighted by Crippen LogP contribution is -2.41. The van der Waals surface area contributed by atoms with E-state index in [0.717, 1.165) is 12.0 Å². The fraction of sp³-hybridized carbons (Fsp3) is 0.360. The summed E-state index contributed by atoms with van der Waals surface area (Å²) in [6, 6.07) is 18.7. The predicted octanol–water partition coefficient (Wildman–Crippen LogP) is 5.29. The minimum atomic E-state index is -0.963. The van der Waals surface area contributed by atoms with Crippen LogP contribution in [0, 0.1) is 11.3 Å². The van der Waals surface area contributed by atoms with E-state index in [-0.39, 0.29) is 11.9 Å². The molecule has 0 spiro atoms. The summed E-state index contributed by atoms with van der Waals surface area (Å²) >= 11 is 0. The molecule has 0 aromatic heterocycles. The lowest BCUT2D eigenvalue weighted by molar-refractivity contribution is -0.158. The maximum Gasteiger partial charge on any atom is 0.338 e. The minimum absolute atomic E-state index is 0.237. The Labute approximate surface area is 172 Å². The van der Waals surface area contributed by atoms with Crippen molar-refractivity contribution in [2.75, 3.05) is 6.61 Å². The second kappa shape index (κ2) is 9.55. The highest BCUT2D eigenvalue weighted by molar-refractivity contribution is 5.90. The summed E-state index contributed by atoms with van der Waals surface area (Å²) in [5.74, 6) is -0.491. The first-order valence-corrected chi connectivity index (χ1v) is 10.2. The highest BCUT2D eigenvalue weighted by atomic mass is 16.6. The molecule has 2 atom stereocenters. The van der Waals surface area contributed by atoms with Gasteiger partial charge in [-0.3, -0.25) is 4.79 Å². The second-order valence-electron chi connectivity index (χ2n) is 7.93. The van der Waals surface area contributed by atoms with Crippen molar-refractivity contribution in [3.05, 3.63) is 77.9 Å². The highest BCUT2D eigenvalue weighted by Gasteiger charge is 2.51. The number of carbonyl (C=O) groups is 2. The molecule has 1 saturated carbocycles. The fourth-order valence-electron chi connectivity index (χ4n) is 3.61. The van der Waals surface area contributed by atoms with E-state index >= 15 is 0 Å². The smallest absolute Gasteiger partial charge is 0.338 e. The molecular weight excluding hydrogens is 364 g/mol. The molecule has 2 unspecified atom stereocenters. The van der Waals surface area contributed by atoms with Gasteiger partial charge >= 0.3 is 11.9 Å². The first-order valence-electron chi connectivity index (χ1n) is 10.2. The Hall–Kier alpha value is -2.88. The third-order valence-electron chi connectivity index (χ3n) is 5.19. The SMILES string of the molecule is CC(C)COC(=O)C1(C=Cc2ccccc2)CCCC1OC(=O)c1ccccc1. The zero-order chi connectivity index (χ0) is 20.7. The van der Waals surface area contributed by atoms with E-state index in [2.05, 4.69) is 0 Å². The van der Waals surface area contributed by atoms with Crippen LogP contribution in [0.5, 0.6) is 0 Å². The molecule has 1 fully saturated rings. The number of ether oxygens (including phenoxy) is 2. The fourth-order valence-corrected chi connectivity index (χ4v) is 3.61. The van der Waals surface area contributed by atoms with E-state index in [1.807, 2.05) is 62.4 Å². The monoisotopic (exact) mass is 392 g/mol. The second-order valence-corrected chi connectivity index (χ2v) is 7.93. The molecule has 1 aliphatic carbocycles. The molecule has 0 heterocycles. The molecule has 29 heavy (non-hydrogen) atoms. The third-order valence-corrected chi connectivity index (χ3v) is 5.19. The average molecular weight is 392 g/mol. The lowest BCUT2D eigenvalue weighted by Gasteiger charge is -2.30. The van der Waals surface area contributed by atoms with Crippen LogP contribution in [0.1, 0.15) is 49.0 Å². The van der Waals surface area contributed by atoms with Gasteiger partial charge in [-0.2, -0.15) is 0 Å². The van der Waals surface area contributed by atoms with E-state index in [4.69, 9.17) is 9.47 Å². The Morgan fingerprint density at radius 3 is 2.38 bits per heavy atom. The van der Waals surface area contributed by atoms with Crippen LogP contribution >= 0.6 is 0 Å². The van der Waals surface area contributed by atoms with Crippen LogP contribution in [-0.4, -0.2) is 24.6 Å². The average Bonchev–Trinajstić information content (AvgIpc) is 3.15. The van der Waals surface area contributed by atoms with Gasteiger partial charge in [0.25, 0.3) is 0 Å². The van der Waals surface area contributed by atoms with Crippen LogP contribution in [0.25, 0.3) is 6.08 Å². The molecule has 0 saturated heterocycles. The van der Waals surface area contributed by atoms with E-state index in [0.29, 0.717) is 25.0 Å². The van der Waals surface area contributed by atoms with Gasteiger partial charge in [-0.15, -0.1) is 0 Å². The Balaban J connectivity index is 1.87. The Kier molecular flexibility index (Phi) is 6.86. The Morgan fingerprint density at radius 1 is 1.07 bits per heavy atom. The molecule has 0 amide bonds. The summed E-state index contributed by atoms with van der Waals surface area (Å²) in [5, 5.41) is 0. The van der Waals surface area contributed by atoms with Crippen LogP contribution in [0.15, 0.2) is 66.7 Å². The molecule has 0 aliphatic heterocycles. The third kappa shape index (κ3) is 5.14. The number of benzene rings is 2. The van der Waals surface area contributed by atoms with Gasteiger partial charge in [0.15, 0.2) is 0 Å². The number of hydrogen-bond donors (Lipinski definition) is 0. The lowest BCUT2D eigenvalue weighted by atomic mass is 9.83. The van der Waals surface area contributed by atoms with Crippen molar-refractivity contribution in [3.8, 4) is 0 Å². The van der Waals surface area contributed by atoms with Crippen molar-refractivity contribution < 1.29 is 19.1 Å². The van der Waals surface area contributed by atoms with Gasteiger partial charge in [0.1, 0.15) is 11.5 Å². The number of esters is 2. The molecule has 0 bridgehead atoms. The van der Waals surface area contributed by atoms with Crippen LogP contribution in [0.4, 0.5) is 0 Å². The normalized spacial score (nSPS) is 21.4. The van der Waals surface area contributed by atoms with E-state index in [1.54, 1.807) is 24.3 Å².